The highest BCUT2D eigenvalue weighted by Crippen LogP contribution is 2.36. The molecule has 1 aliphatic heterocycles. The van der Waals surface area contributed by atoms with Crippen molar-refractivity contribution in [1.29, 1.82) is 0 Å². The third-order valence-corrected chi connectivity index (χ3v) is 5.46. The van der Waals surface area contributed by atoms with Gasteiger partial charge in [-0.2, -0.15) is 0 Å². The summed E-state index contributed by atoms with van der Waals surface area (Å²) in [6.45, 7) is 1.80. The van der Waals surface area contributed by atoms with Gasteiger partial charge in [-0.15, -0.1) is 0 Å². The zero-order valence-electron chi connectivity index (χ0n) is 13.7. The number of aryl methyl sites for hydroxylation is 1. The number of carbonyl (C=O) groups is 1. The first-order chi connectivity index (χ1) is 11.7. The Labute approximate surface area is 155 Å². The Kier molecular flexibility index (Phi) is 4.75. The van der Waals surface area contributed by atoms with E-state index in [-0.39, 0.29) is 6.54 Å². The predicted molar refractivity (Wildman–Crippen MR) is 101 cm³/mol. The van der Waals surface area contributed by atoms with E-state index in [9.17, 15) is 13.2 Å². The lowest BCUT2D eigenvalue weighted by Gasteiger charge is -2.34. The number of halogens is 1. The van der Waals surface area contributed by atoms with Crippen LogP contribution >= 0.6 is 15.9 Å². The van der Waals surface area contributed by atoms with Gasteiger partial charge in [0.2, 0.25) is 10.0 Å². The number of hydrogen-bond donors (Lipinski definition) is 1. The molecule has 0 fully saturated rings. The van der Waals surface area contributed by atoms with Crippen molar-refractivity contribution in [2.24, 2.45) is 0 Å². The van der Waals surface area contributed by atoms with Crippen LogP contribution in [0.3, 0.4) is 0 Å². The van der Waals surface area contributed by atoms with Crippen LogP contribution in [0.2, 0.25) is 0 Å². The summed E-state index contributed by atoms with van der Waals surface area (Å²) in [5, 5.41) is 2.75. The lowest BCUT2D eigenvalue weighted by Crippen LogP contribution is -2.48. The maximum Gasteiger partial charge on any atom is 0.267 e. The molecule has 0 aromatic heterocycles. The Bertz CT molecular complexity index is 913. The number of nitrogens with one attached hydrogen (secondary N) is 1. The summed E-state index contributed by atoms with van der Waals surface area (Å²) >= 11 is 3.33. The molecule has 1 aliphatic rings. The van der Waals surface area contributed by atoms with Gasteiger partial charge in [-0.1, -0.05) is 22.0 Å². The zero-order chi connectivity index (χ0) is 18.2. The van der Waals surface area contributed by atoms with Crippen molar-refractivity contribution in [3.63, 3.8) is 0 Å². The summed E-state index contributed by atoms with van der Waals surface area (Å²) in [7, 11) is -3.53. The fourth-order valence-electron chi connectivity index (χ4n) is 2.57. The van der Waals surface area contributed by atoms with Crippen molar-refractivity contribution in [2.75, 3.05) is 22.4 Å². The Balaban J connectivity index is 1.87. The minimum atomic E-state index is -3.53. The minimum absolute atomic E-state index is 0.0718. The van der Waals surface area contributed by atoms with Crippen molar-refractivity contribution < 1.29 is 17.9 Å². The van der Waals surface area contributed by atoms with Gasteiger partial charge in [0.05, 0.1) is 18.5 Å². The van der Waals surface area contributed by atoms with Crippen LogP contribution < -0.4 is 14.4 Å². The van der Waals surface area contributed by atoms with E-state index >= 15 is 0 Å². The second-order valence-corrected chi connectivity index (χ2v) is 8.69. The zero-order valence-corrected chi connectivity index (χ0v) is 16.1. The van der Waals surface area contributed by atoms with Crippen molar-refractivity contribution in [1.82, 2.24) is 0 Å². The quantitative estimate of drug-likeness (QED) is 0.821. The van der Waals surface area contributed by atoms with Crippen LogP contribution in [0.4, 0.5) is 11.4 Å². The smallest absolute Gasteiger partial charge is 0.267 e. The number of benzene rings is 2. The first-order valence-corrected chi connectivity index (χ1v) is 10.2. The predicted octanol–water partition coefficient (Wildman–Crippen LogP) is 2.92. The van der Waals surface area contributed by atoms with Gasteiger partial charge in [-0.25, -0.2) is 8.42 Å². The van der Waals surface area contributed by atoms with E-state index < -0.39 is 22.0 Å². The van der Waals surface area contributed by atoms with Gasteiger partial charge >= 0.3 is 0 Å². The summed E-state index contributed by atoms with van der Waals surface area (Å²) in [5.74, 6) is -0.0274. The van der Waals surface area contributed by atoms with E-state index in [1.807, 2.05) is 13.0 Å². The molecule has 3 rings (SSSR count). The number of carbonyl (C=O) groups excluding carboxylic acids is 1. The third kappa shape index (κ3) is 3.96. The Morgan fingerprint density at radius 1 is 1.24 bits per heavy atom. The molecular weight excluding hydrogens is 408 g/mol. The van der Waals surface area contributed by atoms with Crippen LogP contribution in [0.1, 0.15) is 5.56 Å². The minimum Gasteiger partial charge on any atom is -0.476 e. The largest absolute Gasteiger partial charge is 0.476 e. The standard InChI is InChI=1S/C17H17BrN2O4S/c1-11-3-8-15-14(9-11)20(25(2,22)23)10-16(24-15)17(21)19-13-6-4-12(18)5-7-13/h3-9,16H,10H2,1-2H3,(H,19,21)/t16-/m1/s1. The second kappa shape index (κ2) is 6.68. The van der Waals surface area contributed by atoms with Gasteiger partial charge in [0.25, 0.3) is 5.91 Å². The molecule has 1 N–H and O–H groups in total. The molecule has 6 nitrogen and oxygen atoms in total. The molecule has 0 bridgehead atoms. The second-order valence-electron chi connectivity index (χ2n) is 5.87. The highest BCUT2D eigenvalue weighted by atomic mass is 79.9. The molecule has 132 valence electrons. The topological polar surface area (TPSA) is 75.7 Å². The van der Waals surface area contributed by atoms with Crippen molar-refractivity contribution in [3.05, 3.63) is 52.5 Å². The van der Waals surface area contributed by atoms with Crippen LogP contribution in [0.25, 0.3) is 0 Å². The SMILES string of the molecule is Cc1ccc2c(c1)N(S(C)(=O)=O)C[C@H](C(=O)Nc1ccc(Br)cc1)O2. The molecule has 0 saturated heterocycles. The van der Waals surface area contributed by atoms with E-state index in [2.05, 4.69) is 21.2 Å². The van der Waals surface area contributed by atoms with E-state index in [0.717, 1.165) is 16.3 Å². The molecule has 2 aromatic rings. The molecule has 1 amide bonds. The van der Waals surface area contributed by atoms with Crippen LogP contribution in [0.5, 0.6) is 5.75 Å². The summed E-state index contributed by atoms with van der Waals surface area (Å²) in [5.41, 5.74) is 1.97. The number of amides is 1. The fraction of sp³-hybridized carbons (Fsp3) is 0.235. The molecule has 1 atom stereocenters. The molecule has 0 aliphatic carbocycles. The first-order valence-electron chi connectivity index (χ1n) is 7.55. The summed E-state index contributed by atoms with van der Waals surface area (Å²) in [6.07, 6.45) is 0.183. The van der Waals surface area contributed by atoms with Gasteiger partial charge in [0, 0.05) is 10.2 Å². The lowest BCUT2D eigenvalue weighted by molar-refractivity contribution is -0.122. The van der Waals surface area contributed by atoms with E-state index in [1.54, 1.807) is 36.4 Å². The molecule has 0 unspecified atom stereocenters. The fourth-order valence-corrected chi connectivity index (χ4v) is 3.74. The summed E-state index contributed by atoms with van der Waals surface area (Å²) in [4.78, 5) is 12.5. The van der Waals surface area contributed by atoms with Crippen LogP contribution in [0.15, 0.2) is 46.9 Å². The number of fused-ring (bicyclic) bond motifs is 1. The maximum atomic E-state index is 12.5. The van der Waals surface area contributed by atoms with Gasteiger partial charge < -0.3 is 10.1 Å². The van der Waals surface area contributed by atoms with Crippen LogP contribution in [-0.2, 0) is 14.8 Å². The van der Waals surface area contributed by atoms with Crippen molar-refractivity contribution >= 4 is 43.2 Å². The summed E-state index contributed by atoms with van der Waals surface area (Å²) in [6, 6.07) is 12.3. The highest BCUT2D eigenvalue weighted by molar-refractivity contribution is 9.10. The lowest BCUT2D eigenvalue weighted by atomic mass is 10.1. The molecule has 1 heterocycles. The number of sulfonamides is 1. The van der Waals surface area contributed by atoms with Crippen LogP contribution in [0, 0.1) is 6.92 Å². The molecule has 25 heavy (non-hydrogen) atoms. The van der Waals surface area contributed by atoms with E-state index in [4.69, 9.17) is 4.74 Å². The Hall–Kier alpha value is -2.06. The van der Waals surface area contributed by atoms with Gasteiger partial charge in [-0.05, 0) is 48.9 Å². The molecule has 2 aromatic carbocycles. The van der Waals surface area contributed by atoms with Crippen molar-refractivity contribution in [2.45, 2.75) is 13.0 Å². The number of hydrogen-bond acceptors (Lipinski definition) is 4. The van der Waals surface area contributed by atoms with E-state index in [1.165, 1.54) is 4.31 Å². The number of nitrogens with zero attached hydrogens (tertiary/aromatic N) is 1. The summed E-state index contributed by atoms with van der Waals surface area (Å²) < 4.78 is 32.2. The number of rotatable bonds is 3. The Morgan fingerprint density at radius 2 is 1.92 bits per heavy atom. The average Bonchev–Trinajstić information content (AvgIpc) is 2.55. The third-order valence-electron chi connectivity index (χ3n) is 3.79. The van der Waals surface area contributed by atoms with Crippen LogP contribution in [-0.4, -0.2) is 33.2 Å². The Morgan fingerprint density at radius 3 is 2.56 bits per heavy atom. The molecule has 0 spiro atoms. The first kappa shape index (κ1) is 17.8. The normalized spacial score (nSPS) is 16.8. The highest BCUT2D eigenvalue weighted by Gasteiger charge is 2.35. The number of anilines is 2. The average molecular weight is 425 g/mol. The van der Waals surface area contributed by atoms with Crippen molar-refractivity contribution in [3.8, 4) is 5.75 Å². The van der Waals surface area contributed by atoms with Gasteiger partial charge in [0.1, 0.15) is 5.75 Å². The molecule has 0 saturated carbocycles. The number of ether oxygens (including phenoxy) is 1. The molecule has 0 radical (unpaired) electrons. The van der Waals surface area contributed by atoms with Gasteiger partial charge in [0.15, 0.2) is 6.10 Å². The van der Waals surface area contributed by atoms with E-state index in [0.29, 0.717) is 17.1 Å². The molecule has 8 heteroatoms. The molecular formula is C17H17BrN2O4S. The van der Waals surface area contributed by atoms with Gasteiger partial charge in [-0.3, -0.25) is 9.10 Å². The maximum absolute atomic E-state index is 12.5. The monoisotopic (exact) mass is 424 g/mol.